The first-order chi connectivity index (χ1) is 26.8. The Morgan fingerprint density at radius 1 is 0.552 bits per heavy atom. The van der Waals surface area contributed by atoms with Gasteiger partial charge >= 0.3 is 0 Å². The molecule has 0 aliphatic rings. The Balaban J connectivity index is 1.20. The number of aliphatic hydroxyl groups excluding tert-OH is 2. The number of aliphatic hydroxyl groups is 2. The molecule has 1 amide bonds. The molecule has 6 rings (SSSR count). The molecular formula is C33H28N6O15S4. The van der Waals surface area contributed by atoms with E-state index < -0.39 is 77.9 Å². The van der Waals surface area contributed by atoms with Crippen molar-refractivity contribution in [2.24, 2.45) is 24.1 Å². The number of aryl methyl sites for hydroxylation is 2. The molecule has 8 N–H and O–H groups in total. The number of nitrogens with zero attached hydrogens (tertiary/aromatic N) is 4. The first-order valence-corrected chi connectivity index (χ1v) is 21.6. The minimum absolute atomic E-state index is 0.0104. The van der Waals surface area contributed by atoms with E-state index in [2.05, 4.69) is 20.6 Å². The van der Waals surface area contributed by atoms with Gasteiger partial charge in [-0.25, -0.2) is 4.99 Å². The van der Waals surface area contributed by atoms with Crippen LogP contribution in [0.4, 0.5) is 22.7 Å². The van der Waals surface area contributed by atoms with Gasteiger partial charge in [0.1, 0.15) is 21.2 Å². The van der Waals surface area contributed by atoms with Crippen LogP contribution in [0.3, 0.4) is 0 Å². The topological polar surface area (TPSA) is 334 Å². The average Bonchev–Trinajstić information content (AvgIpc) is 3.65. The summed E-state index contributed by atoms with van der Waals surface area (Å²) in [6, 6.07) is 12.6. The number of anilines is 2. The highest BCUT2D eigenvalue weighted by molar-refractivity contribution is 7.87. The second kappa shape index (κ2) is 14.6. The summed E-state index contributed by atoms with van der Waals surface area (Å²) < 4.78 is 136. The molecule has 0 aliphatic carbocycles. The molecule has 0 radical (unpaired) electrons. The first-order valence-electron chi connectivity index (χ1n) is 15.8. The Kier molecular flexibility index (Phi) is 10.5. The standard InChI is InChI=1S/C33H28N6O15S4/c1-38-15-21(11-27(38)31(40)34-19-5-6-25-18(7-19)9-24(56(46,47)48)13-29(25)57(49,50)51)36-33(42)37-22-12-28(39(2)16-22)32(41)35-20-4-3-17-8-23(55(43,44)45)14-30(26(17)10-20)58(52,53)54/h3-16H,1-2H3,(H,34,40)(H,35,41)(H2,36,37,42)(H,43,44,45)(H,46,47,48)(H,49,50,51)(H,52,53,54). The molecule has 6 aromatic rings. The van der Waals surface area contributed by atoms with Gasteiger partial charge in [-0.15, -0.1) is 0 Å². The van der Waals surface area contributed by atoms with E-state index in [1.807, 2.05) is 0 Å². The number of carbonyl (C=O) groups excluding carboxylic acids is 1. The van der Waals surface area contributed by atoms with E-state index in [1.165, 1.54) is 84.2 Å². The van der Waals surface area contributed by atoms with Gasteiger partial charge in [0.05, 0.1) is 26.9 Å². The number of amidine groups is 1. The first kappa shape index (κ1) is 41.4. The smallest absolute Gasteiger partial charge is 0.295 e. The summed E-state index contributed by atoms with van der Waals surface area (Å²) in [7, 11) is -16.6. The van der Waals surface area contributed by atoms with Gasteiger partial charge in [0.15, 0.2) is 0 Å². The number of amides is 1. The number of aromatic nitrogens is 2. The summed E-state index contributed by atoms with van der Waals surface area (Å²) in [6.45, 7) is 0. The monoisotopic (exact) mass is 876 g/mol. The van der Waals surface area contributed by atoms with Crippen LogP contribution in [0, 0.1) is 0 Å². The summed E-state index contributed by atoms with van der Waals surface area (Å²) in [5.41, 5.74) is 0.462. The average molecular weight is 877 g/mol. The van der Waals surface area contributed by atoms with Gasteiger partial charge in [-0.05, 0) is 71.4 Å². The summed E-state index contributed by atoms with van der Waals surface area (Å²) in [5.74, 6) is -1.29. The van der Waals surface area contributed by atoms with Crippen LogP contribution in [0.25, 0.3) is 21.5 Å². The summed E-state index contributed by atoms with van der Waals surface area (Å²) in [5, 5.41) is 26.3. The second-order valence-electron chi connectivity index (χ2n) is 12.5. The largest absolute Gasteiger partial charge is 0.492 e. The lowest BCUT2D eigenvalue weighted by atomic mass is 10.1. The van der Waals surface area contributed by atoms with Gasteiger partial charge in [-0.1, -0.05) is 12.1 Å². The summed E-state index contributed by atoms with van der Waals surface area (Å²) in [4.78, 5) is 18.1. The van der Waals surface area contributed by atoms with Crippen molar-refractivity contribution in [2.75, 3.05) is 10.6 Å². The highest BCUT2D eigenvalue weighted by Crippen LogP contribution is 2.32. The van der Waals surface area contributed by atoms with Gasteiger partial charge < -0.3 is 30.0 Å². The van der Waals surface area contributed by atoms with Crippen molar-refractivity contribution < 1.29 is 66.9 Å². The number of fused-ring (bicyclic) bond motifs is 2. The predicted octanol–water partition coefficient (Wildman–Crippen LogP) is 4.20. The SMILES string of the molecule is Cn1cc(NC(O)=Nc2cc(C(O)=Nc3ccc4c(S(=O)(=O)O)cc(S(=O)(=O)O)cc4c3)n(C)c2)cc1C(=O)Nc1ccc2cc(S(=O)(=O)O)cc(S(=O)(=O)O)c2c1. The van der Waals surface area contributed by atoms with Crippen LogP contribution in [0.5, 0.6) is 0 Å². The molecule has 0 fully saturated rings. The minimum atomic E-state index is -4.98. The van der Waals surface area contributed by atoms with E-state index >= 15 is 0 Å². The lowest BCUT2D eigenvalue weighted by Crippen LogP contribution is -2.15. The van der Waals surface area contributed by atoms with E-state index in [0.29, 0.717) is 12.1 Å². The van der Waals surface area contributed by atoms with Crippen molar-refractivity contribution in [2.45, 2.75) is 19.6 Å². The van der Waals surface area contributed by atoms with Crippen LogP contribution in [-0.2, 0) is 54.6 Å². The van der Waals surface area contributed by atoms with Crippen LogP contribution in [-0.4, -0.2) is 89.1 Å². The predicted molar refractivity (Wildman–Crippen MR) is 208 cm³/mol. The molecule has 2 heterocycles. The molecule has 0 saturated carbocycles. The minimum Gasteiger partial charge on any atom is -0.492 e. The second-order valence-corrected chi connectivity index (χ2v) is 18.1. The van der Waals surface area contributed by atoms with Gasteiger partial charge in [0.25, 0.3) is 52.4 Å². The van der Waals surface area contributed by atoms with Crippen molar-refractivity contribution >= 4 is 103 Å². The van der Waals surface area contributed by atoms with E-state index in [4.69, 9.17) is 0 Å². The maximum Gasteiger partial charge on any atom is 0.295 e. The quantitative estimate of drug-likeness (QED) is 0.0543. The molecule has 0 aliphatic heterocycles. The van der Waals surface area contributed by atoms with E-state index in [1.54, 1.807) is 0 Å². The van der Waals surface area contributed by atoms with Gasteiger partial charge in [0.2, 0.25) is 5.90 Å². The van der Waals surface area contributed by atoms with Gasteiger partial charge in [-0.2, -0.15) is 38.7 Å². The Morgan fingerprint density at radius 2 is 1.14 bits per heavy atom. The fraction of sp³-hybridized carbons (Fsp3) is 0.0606. The van der Waals surface area contributed by atoms with Crippen LogP contribution < -0.4 is 10.6 Å². The van der Waals surface area contributed by atoms with Crippen molar-refractivity contribution in [3.8, 4) is 0 Å². The molecule has 0 bridgehead atoms. The number of hydrogen-bond acceptors (Lipinski definition) is 11. The molecule has 0 unspecified atom stereocenters. The number of hydrogen-bond donors (Lipinski definition) is 8. The molecule has 0 spiro atoms. The summed E-state index contributed by atoms with van der Waals surface area (Å²) in [6.07, 6.45) is 2.82. The molecular weight excluding hydrogens is 849 g/mol. The molecule has 58 heavy (non-hydrogen) atoms. The maximum atomic E-state index is 13.2. The third-order valence-corrected chi connectivity index (χ3v) is 11.8. The van der Waals surface area contributed by atoms with Gasteiger partial charge in [-0.3, -0.25) is 23.0 Å². The Morgan fingerprint density at radius 3 is 1.74 bits per heavy atom. The van der Waals surface area contributed by atoms with Crippen molar-refractivity contribution in [1.82, 2.24) is 9.13 Å². The zero-order valence-corrected chi connectivity index (χ0v) is 32.6. The van der Waals surface area contributed by atoms with Crippen LogP contribution in [0.15, 0.2) is 115 Å². The molecule has 0 atom stereocenters. The number of carbonyl (C=O) groups is 1. The van der Waals surface area contributed by atoms with Crippen molar-refractivity contribution in [1.29, 1.82) is 0 Å². The molecule has 21 nitrogen and oxygen atoms in total. The van der Waals surface area contributed by atoms with Crippen molar-refractivity contribution in [3.05, 3.63) is 96.6 Å². The van der Waals surface area contributed by atoms with Crippen LogP contribution >= 0.6 is 0 Å². The van der Waals surface area contributed by atoms with Crippen LogP contribution in [0.2, 0.25) is 0 Å². The molecule has 0 saturated heterocycles. The van der Waals surface area contributed by atoms with E-state index in [0.717, 1.165) is 12.1 Å². The Labute approximate surface area is 328 Å². The van der Waals surface area contributed by atoms with E-state index in [-0.39, 0.29) is 55.7 Å². The van der Waals surface area contributed by atoms with Crippen molar-refractivity contribution in [3.63, 3.8) is 0 Å². The highest BCUT2D eigenvalue weighted by atomic mass is 32.2. The third-order valence-electron chi connectivity index (χ3n) is 8.35. The Bertz CT molecular complexity index is 3240. The maximum absolute atomic E-state index is 13.2. The number of benzene rings is 4. The third kappa shape index (κ3) is 8.85. The fourth-order valence-corrected chi connectivity index (χ4v) is 8.51. The Hall–Kier alpha value is -6.19. The molecule has 4 aromatic carbocycles. The number of nitrogens with one attached hydrogen (secondary N) is 2. The summed E-state index contributed by atoms with van der Waals surface area (Å²) >= 11 is 0. The van der Waals surface area contributed by atoms with Crippen LogP contribution in [0.1, 0.15) is 16.2 Å². The lowest BCUT2D eigenvalue weighted by Gasteiger charge is -2.10. The van der Waals surface area contributed by atoms with Gasteiger partial charge in [0, 0.05) is 42.9 Å². The zero-order chi connectivity index (χ0) is 42.7. The number of aliphatic imine (C=N–C) groups is 2. The molecule has 25 heteroatoms. The molecule has 304 valence electrons. The highest BCUT2D eigenvalue weighted by Gasteiger charge is 2.23. The number of rotatable bonds is 10. The zero-order valence-electron chi connectivity index (χ0n) is 29.4. The van der Waals surface area contributed by atoms with E-state index in [9.17, 15) is 66.9 Å². The fourth-order valence-electron chi connectivity index (χ4n) is 5.81. The normalized spacial score (nSPS) is 13.3. The lowest BCUT2D eigenvalue weighted by molar-refractivity contribution is 0.101. The molecule has 2 aromatic heterocycles.